The van der Waals surface area contributed by atoms with Crippen molar-refractivity contribution in [3.63, 3.8) is 0 Å². The van der Waals surface area contributed by atoms with Crippen LogP contribution in [0.2, 0.25) is 0 Å². The summed E-state index contributed by atoms with van der Waals surface area (Å²) < 4.78 is 0. The minimum absolute atomic E-state index is 0. The Bertz CT molecular complexity index is 206. The van der Waals surface area contributed by atoms with Gasteiger partial charge in [-0.2, -0.15) is 0 Å². The molecule has 1 aromatic rings. The fourth-order valence-corrected chi connectivity index (χ4v) is 0.888. The SMILES string of the molecule is CN(CCN)c1ccccn1.Cl.Cl. The van der Waals surface area contributed by atoms with Crippen molar-refractivity contribution >= 4 is 30.6 Å². The lowest BCUT2D eigenvalue weighted by molar-refractivity contribution is 0.868. The maximum absolute atomic E-state index is 5.40. The maximum atomic E-state index is 5.40. The van der Waals surface area contributed by atoms with E-state index in [2.05, 4.69) is 4.98 Å². The van der Waals surface area contributed by atoms with Gasteiger partial charge in [-0.1, -0.05) is 6.07 Å². The van der Waals surface area contributed by atoms with Gasteiger partial charge >= 0.3 is 0 Å². The van der Waals surface area contributed by atoms with Gasteiger partial charge in [-0.05, 0) is 12.1 Å². The molecule has 0 atom stereocenters. The molecule has 2 N–H and O–H groups in total. The molecule has 0 saturated carbocycles. The van der Waals surface area contributed by atoms with E-state index in [4.69, 9.17) is 5.73 Å². The van der Waals surface area contributed by atoms with Crippen molar-refractivity contribution in [1.29, 1.82) is 0 Å². The van der Waals surface area contributed by atoms with Crippen LogP contribution in [0.4, 0.5) is 5.82 Å². The summed E-state index contributed by atoms with van der Waals surface area (Å²) in [5.41, 5.74) is 5.40. The highest BCUT2D eigenvalue weighted by Gasteiger charge is 1.97. The Morgan fingerprint density at radius 1 is 1.38 bits per heavy atom. The van der Waals surface area contributed by atoms with E-state index in [1.54, 1.807) is 6.20 Å². The second-order valence-electron chi connectivity index (χ2n) is 2.40. The second-order valence-corrected chi connectivity index (χ2v) is 2.40. The first-order valence-electron chi connectivity index (χ1n) is 3.67. The topological polar surface area (TPSA) is 42.1 Å². The normalized spacial score (nSPS) is 8.15. The number of anilines is 1. The monoisotopic (exact) mass is 223 g/mol. The fraction of sp³-hybridized carbons (Fsp3) is 0.375. The Balaban J connectivity index is 0. The minimum Gasteiger partial charge on any atom is -0.358 e. The summed E-state index contributed by atoms with van der Waals surface area (Å²) in [7, 11) is 1.98. The quantitative estimate of drug-likeness (QED) is 0.841. The average Bonchev–Trinajstić information content (AvgIpc) is 2.07. The van der Waals surface area contributed by atoms with Gasteiger partial charge in [-0.25, -0.2) is 4.98 Å². The predicted molar refractivity (Wildman–Crippen MR) is 61.1 cm³/mol. The third-order valence-corrected chi connectivity index (χ3v) is 1.50. The van der Waals surface area contributed by atoms with Gasteiger partial charge < -0.3 is 10.6 Å². The lowest BCUT2D eigenvalue weighted by Crippen LogP contribution is -2.25. The Hall–Kier alpha value is -0.510. The number of hydrogen-bond donors (Lipinski definition) is 1. The van der Waals surface area contributed by atoms with Gasteiger partial charge in [0.25, 0.3) is 0 Å². The van der Waals surface area contributed by atoms with E-state index in [-0.39, 0.29) is 24.8 Å². The van der Waals surface area contributed by atoms with Crippen LogP contribution < -0.4 is 10.6 Å². The molecule has 3 nitrogen and oxygen atoms in total. The molecular weight excluding hydrogens is 209 g/mol. The molecule has 0 saturated heterocycles. The molecule has 0 aliphatic rings. The number of hydrogen-bond acceptors (Lipinski definition) is 3. The third kappa shape index (κ3) is 4.93. The van der Waals surface area contributed by atoms with Crippen molar-refractivity contribution in [3.8, 4) is 0 Å². The highest BCUT2D eigenvalue weighted by molar-refractivity contribution is 5.85. The number of nitrogens with zero attached hydrogens (tertiary/aromatic N) is 2. The van der Waals surface area contributed by atoms with Gasteiger partial charge in [0.2, 0.25) is 0 Å². The molecule has 5 heteroatoms. The van der Waals surface area contributed by atoms with Crippen molar-refractivity contribution in [2.24, 2.45) is 5.73 Å². The molecule has 0 unspecified atom stereocenters. The summed E-state index contributed by atoms with van der Waals surface area (Å²) in [6.45, 7) is 1.50. The molecule has 0 aliphatic carbocycles. The third-order valence-electron chi connectivity index (χ3n) is 1.50. The van der Waals surface area contributed by atoms with Gasteiger partial charge in [0.15, 0.2) is 0 Å². The second kappa shape index (κ2) is 8.10. The van der Waals surface area contributed by atoms with Crippen molar-refractivity contribution in [2.75, 3.05) is 25.0 Å². The van der Waals surface area contributed by atoms with E-state index in [9.17, 15) is 0 Å². The molecule has 0 bridgehead atoms. The largest absolute Gasteiger partial charge is 0.358 e. The Morgan fingerprint density at radius 3 is 2.54 bits per heavy atom. The molecule has 13 heavy (non-hydrogen) atoms. The van der Waals surface area contributed by atoms with Crippen molar-refractivity contribution in [1.82, 2.24) is 4.98 Å². The van der Waals surface area contributed by atoms with Gasteiger partial charge in [-0.3, -0.25) is 0 Å². The summed E-state index contributed by atoms with van der Waals surface area (Å²) >= 11 is 0. The van der Waals surface area contributed by atoms with Crippen LogP contribution in [0.5, 0.6) is 0 Å². The summed E-state index contributed by atoms with van der Waals surface area (Å²) in [6.07, 6.45) is 1.78. The number of rotatable bonds is 3. The number of likely N-dealkylation sites (N-methyl/N-ethyl adjacent to an activating group) is 1. The smallest absolute Gasteiger partial charge is 0.128 e. The van der Waals surface area contributed by atoms with Gasteiger partial charge in [0.05, 0.1) is 0 Å². The van der Waals surface area contributed by atoms with E-state index in [1.165, 1.54) is 0 Å². The lowest BCUT2D eigenvalue weighted by Gasteiger charge is -2.15. The van der Waals surface area contributed by atoms with E-state index >= 15 is 0 Å². The van der Waals surface area contributed by atoms with Gasteiger partial charge in [0, 0.05) is 26.3 Å². The first-order chi connectivity index (χ1) is 5.34. The summed E-state index contributed by atoms with van der Waals surface area (Å²) in [6, 6.07) is 5.84. The van der Waals surface area contributed by atoms with Crippen LogP contribution in [-0.4, -0.2) is 25.1 Å². The predicted octanol–water partition coefficient (Wildman–Crippen LogP) is 1.32. The number of halogens is 2. The number of pyridine rings is 1. The summed E-state index contributed by atoms with van der Waals surface area (Å²) in [5, 5.41) is 0. The van der Waals surface area contributed by atoms with Crippen molar-refractivity contribution in [3.05, 3.63) is 24.4 Å². The highest BCUT2D eigenvalue weighted by Crippen LogP contribution is 2.04. The van der Waals surface area contributed by atoms with Crippen LogP contribution in [0.1, 0.15) is 0 Å². The van der Waals surface area contributed by atoms with E-state index in [0.717, 1.165) is 12.4 Å². The molecule has 1 aromatic heterocycles. The van der Waals surface area contributed by atoms with Crippen LogP contribution in [0.3, 0.4) is 0 Å². The zero-order valence-corrected chi connectivity index (χ0v) is 9.14. The highest BCUT2D eigenvalue weighted by atomic mass is 35.5. The summed E-state index contributed by atoms with van der Waals surface area (Å²) in [4.78, 5) is 6.20. The molecule has 0 aliphatic heterocycles. The Labute approximate surface area is 91.2 Å². The zero-order valence-electron chi connectivity index (χ0n) is 7.51. The standard InChI is InChI=1S/C8H13N3.2ClH/c1-11(7-5-9)8-4-2-3-6-10-8;;/h2-4,6H,5,7,9H2,1H3;2*1H. The first-order valence-corrected chi connectivity index (χ1v) is 3.67. The Morgan fingerprint density at radius 2 is 2.08 bits per heavy atom. The van der Waals surface area contributed by atoms with Gasteiger partial charge in [-0.15, -0.1) is 24.8 Å². The zero-order chi connectivity index (χ0) is 8.10. The molecule has 0 radical (unpaired) electrons. The van der Waals surface area contributed by atoms with Crippen LogP contribution in [0, 0.1) is 0 Å². The lowest BCUT2D eigenvalue weighted by atomic mass is 10.4. The number of nitrogens with two attached hydrogens (primary N) is 1. The Kier molecular flexibility index (Phi) is 9.34. The van der Waals surface area contributed by atoms with Crippen LogP contribution >= 0.6 is 24.8 Å². The molecule has 0 spiro atoms. The molecule has 0 fully saturated rings. The molecule has 1 heterocycles. The van der Waals surface area contributed by atoms with E-state index in [1.807, 2.05) is 30.1 Å². The van der Waals surface area contributed by atoms with Crippen LogP contribution in [0.25, 0.3) is 0 Å². The van der Waals surface area contributed by atoms with Crippen molar-refractivity contribution in [2.45, 2.75) is 0 Å². The summed E-state index contributed by atoms with van der Waals surface area (Å²) in [5.74, 6) is 0.970. The molecule has 0 aromatic carbocycles. The molecule has 76 valence electrons. The minimum atomic E-state index is 0. The molecule has 0 amide bonds. The van der Waals surface area contributed by atoms with Crippen LogP contribution in [0.15, 0.2) is 24.4 Å². The number of aromatic nitrogens is 1. The van der Waals surface area contributed by atoms with Gasteiger partial charge in [0.1, 0.15) is 5.82 Å². The first kappa shape index (κ1) is 15.0. The van der Waals surface area contributed by atoms with E-state index in [0.29, 0.717) is 6.54 Å². The molecular formula is C8H15Cl2N3. The average molecular weight is 224 g/mol. The fourth-order valence-electron chi connectivity index (χ4n) is 0.888. The molecule has 1 rings (SSSR count). The van der Waals surface area contributed by atoms with Crippen LogP contribution in [-0.2, 0) is 0 Å². The van der Waals surface area contributed by atoms with Crippen molar-refractivity contribution < 1.29 is 0 Å². The maximum Gasteiger partial charge on any atom is 0.128 e. The van der Waals surface area contributed by atoms with E-state index < -0.39 is 0 Å².